The van der Waals surface area contributed by atoms with E-state index in [9.17, 15) is 10.4 Å². The highest BCUT2D eigenvalue weighted by Gasteiger charge is 2.60. The van der Waals surface area contributed by atoms with E-state index >= 15 is 0 Å². The molecule has 1 saturated carbocycles. The predicted molar refractivity (Wildman–Crippen MR) is 85.7 cm³/mol. The Bertz CT molecular complexity index is 874. The largest absolute Gasteiger partial charge is 0.372 e. The monoisotopic (exact) mass is 298 g/mol. The van der Waals surface area contributed by atoms with E-state index in [1.807, 2.05) is 18.2 Å². The Morgan fingerprint density at radius 2 is 1.65 bits per heavy atom. The first-order chi connectivity index (χ1) is 11.1. The number of aliphatic hydroxyl groups is 1. The van der Waals surface area contributed by atoms with Crippen molar-refractivity contribution in [3.05, 3.63) is 71.3 Å². The van der Waals surface area contributed by atoms with Crippen LogP contribution in [0, 0.1) is 39.9 Å². The Balaban J connectivity index is 2.07. The van der Waals surface area contributed by atoms with E-state index in [4.69, 9.17) is 5.26 Å². The van der Waals surface area contributed by atoms with Crippen molar-refractivity contribution in [2.75, 3.05) is 0 Å². The molecule has 0 heterocycles. The van der Waals surface area contributed by atoms with Gasteiger partial charge in [-0.25, -0.2) is 0 Å². The van der Waals surface area contributed by atoms with E-state index < -0.39 is 11.0 Å². The smallest absolute Gasteiger partial charge is 0.169 e. The molecule has 0 spiro atoms. The number of rotatable bonds is 2. The van der Waals surface area contributed by atoms with Crippen molar-refractivity contribution in [3.8, 4) is 24.0 Å². The summed E-state index contributed by atoms with van der Waals surface area (Å²) in [6.07, 6.45) is 1.25. The lowest BCUT2D eigenvalue weighted by Crippen LogP contribution is -2.34. The van der Waals surface area contributed by atoms with Crippen LogP contribution in [0.2, 0.25) is 0 Å². The number of nitriles is 2. The van der Waals surface area contributed by atoms with Crippen molar-refractivity contribution in [1.29, 1.82) is 10.5 Å². The fourth-order valence-electron chi connectivity index (χ4n) is 2.66. The minimum absolute atomic E-state index is 0.515. The molecule has 0 bridgehead atoms. The van der Waals surface area contributed by atoms with E-state index in [-0.39, 0.29) is 0 Å². The summed E-state index contributed by atoms with van der Waals surface area (Å²) >= 11 is 0. The normalized spacial score (nSPS) is 16.8. The van der Waals surface area contributed by atoms with Crippen LogP contribution >= 0.6 is 0 Å². The Morgan fingerprint density at radius 3 is 2.26 bits per heavy atom. The summed E-state index contributed by atoms with van der Waals surface area (Å²) in [7, 11) is 0. The fourth-order valence-corrected chi connectivity index (χ4v) is 2.66. The molecule has 1 N–H and O–H groups in total. The van der Waals surface area contributed by atoms with Crippen molar-refractivity contribution >= 4 is 0 Å². The van der Waals surface area contributed by atoms with Crippen LogP contribution in [-0.4, -0.2) is 5.11 Å². The molecule has 1 aliphatic rings. The lowest BCUT2D eigenvalue weighted by molar-refractivity contribution is 0.0456. The first-order valence-electron chi connectivity index (χ1n) is 7.36. The highest BCUT2D eigenvalue weighted by Crippen LogP contribution is 2.57. The van der Waals surface area contributed by atoms with Gasteiger partial charge in [0, 0.05) is 5.56 Å². The van der Waals surface area contributed by atoms with Crippen molar-refractivity contribution in [2.24, 2.45) is 5.41 Å². The summed E-state index contributed by atoms with van der Waals surface area (Å²) in [6, 6.07) is 20.3. The summed E-state index contributed by atoms with van der Waals surface area (Å²) in [5.41, 5.74) is -0.573. The van der Waals surface area contributed by atoms with Gasteiger partial charge < -0.3 is 5.11 Å². The van der Waals surface area contributed by atoms with Crippen LogP contribution in [0.25, 0.3) is 0 Å². The van der Waals surface area contributed by atoms with E-state index in [1.54, 1.807) is 36.4 Å². The second-order valence-corrected chi connectivity index (χ2v) is 5.71. The van der Waals surface area contributed by atoms with Crippen LogP contribution in [0.15, 0.2) is 54.6 Å². The average Bonchev–Trinajstić information content (AvgIpc) is 3.42. The number of hydrogen-bond acceptors (Lipinski definition) is 3. The van der Waals surface area contributed by atoms with Crippen molar-refractivity contribution in [3.63, 3.8) is 0 Å². The van der Waals surface area contributed by atoms with Crippen LogP contribution in [0.3, 0.4) is 0 Å². The van der Waals surface area contributed by atoms with Crippen molar-refractivity contribution in [1.82, 2.24) is 0 Å². The summed E-state index contributed by atoms with van der Waals surface area (Å²) < 4.78 is 0. The topological polar surface area (TPSA) is 67.8 Å². The molecule has 3 rings (SSSR count). The van der Waals surface area contributed by atoms with Gasteiger partial charge in [-0.05, 0) is 36.6 Å². The summed E-state index contributed by atoms with van der Waals surface area (Å²) in [6.45, 7) is 0. The van der Waals surface area contributed by atoms with Crippen LogP contribution < -0.4 is 0 Å². The Kier molecular flexibility index (Phi) is 3.63. The molecule has 1 aliphatic carbocycles. The molecule has 2 aromatic carbocycles. The van der Waals surface area contributed by atoms with E-state index in [1.165, 1.54) is 0 Å². The van der Waals surface area contributed by atoms with E-state index in [0.717, 1.165) is 0 Å². The molecule has 0 aromatic heterocycles. The number of hydrogen-bond donors (Lipinski definition) is 1. The zero-order valence-corrected chi connectivity index (χ0v) is 12.5. The molecule has 0 unspecified atom stereocenters. The van der Waals surface area contributed by atoms with Crippen LogP contribution in [0.4, 0.5) is 0 Å². The maximum atomic E-state index is 11.2. The zero-order chi connectivity index (χ0) is 16.3. The first-order valence-corrected chi connectivity index (χ1v) is 7.36. The SMILES string of the molecule is N#Cc1cccc(C#C[C@](O)(c2ccccc2)C2(C#N)CC2)c1. The minimum Gasteiger partial charge on any atom is -0.372 e. The predicted octanol–water partition coefficient (Wildman–Crippen LogP) is 3.10. The highest BCUT2D eigenvalue weighted by molar-refractivity contribution is 5.47. The van der Waals surface area contributed by atoms with Crippen LogP contribution in [-0.2, 0) is 5.60 Å². The molecule has 1 atom stereocenters. The van der Waals surface area contributed by atoms with Gasteiger partial charge in [-0.1, -0.05) is 48.2 Å². The lowest BCUT2D eigenvalue weighted by Gasteiger charge is -2.27. The third-order valence-electron chi connectivity index (χ3n) is 4.23. The van der Waals surface area contributed by atoms with Crippen molar-refractivity contribution < 1.29 is 5.11 Å². The van der Waals surface area contributed by atoms with Crippen LogP contribution in [0.5, 0.6) is 0 Å². The van der Waals surface area contributed by atoms with E-state index in [2.05, 4.69) is 24.0 Å². The maximum absolute atomic E-state index is 11.2. The molecule has 0 radical (unpaired) electrons. The third kappa shape index (κ3) is 2.58. The van der Waals surface area contributed by atoms with Gasteiger partial charge in [0.1, 0.15) is 5.41 Å². The number of benzene rings is 2. The van der Waals surface area contributed by atoms with Crippen molar-refractivity contribution in [2.45, 2.75) is 18.4 Å². The first kappa shape index (κ1) is 14.9. The third-order valence-corrected chi connectivity index (χ3v) is 4.23. The minimum atomic E-state index is -1.51. The van der Waals surface area contributed by atoms with Gasteiger partial charge in [-0.15, -0.1) is 0 Å². The molecule has 3 heteroatoms. The van der Waals surface area contributed by atoms with E-state index in [0.29, 0.717) is 29.5 Å². The maximum Gasteiger partial charge on any atom is 0.169 e. The lowest BCUT2D eigenvalue weighted by atomic mass is 9.79. The zero-order valence-electron chi connectivity index (χ0n) is 12.5. The molecule has 0 amide bonds. The van der Waals surface area contributed by atoms with Gasteiger partial charge in [-0.3, -0.25) is 0 Å². The fraction of sp³-hybridized carbons (Fsp3) is 0.200. The summed E-state index contributed by atoms with van der Waals surface area (Å²) in [5.74, 6) is 5.84. The molecule has 3 nitrogen and oxygen atoms in total. The average molecular weight is 298 g/mol. The molecule has 0 aliphatic heterocycles. The van der Waals surface area contributed by atoms with Gasteiger partial charge in [0.15, 0.2) is 5.60 Å². The van der Waals surface area contributed by atoms with Gasteiger partial charge in [0.05, 0.1) is 17.7 Å². The van der Waals surface area contributed by atoms with Gasteiger partial charge in [-0.2, -0.15) is 10.5 Å². The molecule has 2 aromatic rings. The Labute approximate surface area is 135 Å². The molecular weight excluding hydrogens is 284 g/mol. The molecule has 0 saturated heterocycles. The molecule has 110 valence electrons. The van der Waals surface area contributed by atoms with Gasteiger partial charge in [0.25, 0.3) is 0 Å². The van der Waals surface area contributed by atoms with Crippen LogP contribution in [0.1, 0.15) is 29.5 Å². The van der Waals surface area contributed by atoms with Gasteiger partial charge in [0.2, 0.25) is 0 Å². The highest BCUT2D eigenvalue weighted by atomic mass is 16.3. The Hall–Kier alpha value is -3.06. The number of nitrogens with zero attached hydrogens (tertiary/aromatic N) is 2. The second-order valence-electron chi connectivity index (χ2n) is 5.71. The molecule has 1 fully saturated rings. The van der Waals surface area contributed by atoms with Gasteiger partial charge >= 0.3 is 0 Å². The molecular formula is C20H14N2O. The summed E-state index contributed by atoms with van der Waals surface area (Å²) in [4.78, 5) is 0. The quantitative estimate of drug-likeness (QED) is 0.866. The summed E-state index contributed by atoms with van der Waals surface area (Å²) in [5, 5.41) is 29.7. The second kappa shape index (κ2) is 5.62. The Morgan fingerprint density at radius 1 is 0.957 bits per heavy atom. The molecule has 23 heavy (non-hydrogen) atoms. The standard InChI is InChI=1S/C20H14N2O/c21-14-17-6-4-5-16(13-17)9-10-20(23,19(15-22)11-12-19)18-7-2-1-3-8-18/h1-8,13,23H,11-12H2/t20-/m0/s1.